The molecule has 0 atom stereocenters. The quantitative estimate of drug-likeness (QED) is 0.621. The van der Waals surface area contributed by atoms with E-state index in [2.05, 4.69) is 10.5 Å². The number of ether oxygens (including phenoxy) is 2. The number of hydrogen-bond acceptors (Lipinski definition) is 5. The summed E-state index contributed by atoms with van der Waals surface area (Å²) in [4.78, 5) is 23.5. The summed E-state index contributed by atoms with van der Waals surface area (Å²) in [5.74, 6) is -1.21. The van der Waals surface area contributed by atoms with Crippen molar-refractivity contribution >= 4 is 18.1 Å². The van der Waals surface area contributed by atoms with E-state index in [4.69, 9.17) is 9.47 Å². The number of hydrogen-bond donors (Lipinski definition) is 2. The van der Waals surface area contributed by atoms with Gasteiger partial charge in [-0.3, -0.25) is 4.79 Å². The Morgan fingerprint density at radius 3 is 2.32 bits per heavy atom. The molecule has 0 fully saturated rings. The van der Waals surface area contributed by atoms with Crippen molar-refractivity contribution in [1.82, 2.24) is 5.43 Å². The fourth-order valence-electron chi connectivity index (χ4n) is 2.20. The molecule has 0 aliphatic heterocycles. The SMILES string of the molecule is COc1ccc(/C=N/NC(=O)c2ccc(C)cc2)c(C(=O)O)c1OC. The van der Waals surface area contributed by atoms with Crippen LogP contribution in [-0.4, -0.2) is 37.4 Å². The van der Waals surface area contributed by atoms with Gasteiger partial charge in [0.2, 0.25) is 0 Å². The summed E-state index contributed by atoms with van der Waals surface area (Å²) in [5, 5.41) is 13.3. The number of carbonyl (C=O) groups is 2. The van der Waals surface area contributed by atoms with Gasteiger partial charge in [0, 0.05) is 11.1 Å². The lowest BCUT2D eigenvalue weighted by atomic mass is 10.1. The van der Waals surface area contributed by atoms with E-state index in [9.17, 15) is 14.7 Å². The number of carboxylic acid groups (broad SMARTS) is 1. The van der Waals surface area contributed by atoms with Gasteiger partial charge in [-0.1, -0.05) is 17.7 Å². The molecule has 130 valence electrons. The van der Waals surface area contributed by atoms with Crippen molar-refractivity contribution in [2.24, 2.45) is 5.10 Å². The molecule has 0 aromatic heterocycles. The van der Waals surface area contributed by atoms with E-state index >= 15 is 0 Å². The Bertz CT molecular complexity index is 813. The molecule has 2 rings (SSSR count). The van der Waals surface area contributed by atoms with Crippen molar-refractivity contribution < 1.29 is 24.2 Å². The Labute approximate surface area is 144 Å². The van der Waals surface area contributed by atoms with Gasteiger partial charge in [-0.25, -0.2) is 10.2 Å². The first kappa shape index (κ1) is 18.0. The van der Waals surface area contributed by atoms with Gasteiger partial charge in [0.1, 0.15) is 5.56 Å². The molecule has 0 aliphatic rings. The van der Waals surface area contributed by atoms with Crippen LogP contribution in [0.15, 0.2) is 41.5 Å². The highest BCUT2D eigenvalue weighted by atomic mass is 16.5. The van der Waals surface area contributed by atoms with Crippen LogP contribution in [0.2, 0.25) is 0 Å². The van der Waals surface area contributed by atoms with Crippen molar-refractivity contribution in [2.45, 2.75) is 6.92 Å². The summed E-state index contributed by atoms with van der Waals surface area (Å²) >= 11 is 0. The topological polar surface area (TPSA) is 97.2 Å². The highest BCUT2D eigenvalue weighted by Crippen LogP contribution is 2.32. The Balaban J connectivity index is 2.24. The zero-order valence-electron chi connectivity index (χ0n) is 14.1. The largest absolute Gasteiger partial charge is 0.493 e. The molecule has 7 nitrogen and oxygen atoms in total. The predicted molar refractivity (Wildman–Crippen MR) is 92.7 cm³/mol. The zero-order chi connectivity index (χ0) is 18.4. The number of nitrogens with zero attached hydrogens (tertiary/aromatic N) is 1. The third-order valence-electron chi connectivity index (χ3n) is 3.48. The zero-order valence-corrected chi connectivity index (χ0v) is 14.1. The molecule has 0 saturated carbocycles. The molecule has 0 radical (unpaired) electrons. The van der Waals surface area contributed by atoms with E-state index < -0.39 is 11.9 Å². The third kappa shape index (κ3) is 4.14. The normalized spacial score (nSPS) is 10.5. The molecule has 2 aromatic rings. The van der Waals surface area contributed by atoms with Gasteiger partial charge in [-0.05, 0) is 31.2 Å². The lowest BCUT2D eigenvalue weighted by molar-refractivity contribution is 0.0692. The van der Waals surface area contributed by atoms with Crippen molar-refractivity contribution in [2.75, 3.05) is 14.2 Å². The van der Waals surface area contributed by atoms with E-state index in [-0.39, 0.29) is 16.9 Å². The van der Waals surface area contributed by atoms with Crippen LogP contribution < -0.4 is 14.9 Å². The molecule has 0 unspecified atom stereocenters. The maximum atomic E-state index is 12.0. The van der Waals surface area contributed by atoms with E-state index in [1.807, 2.05) is 19.1 Å². The second-order valence-corrected chi connectivity index (χ2v) is 5.14. The maximum absolute atomic E-state index is 12.0. The standard InChI is InChI=1S/C18H18N2O5/c1-11-4-6-12(7-5-11)17(21)20-19-10-13-8-9-14(24-2)16(25-3)15(13)18(22)23/h4-10H,1-3H3,(H,20,21)(H,22,23)/b19-10+. The van der Waals surface area contributed by atoms with Gasteiger partial charge in [0.15, 0.2) is 11.5 Å². The number of nitrogens with one attached hydrogen (secondary N) is 1. The van der Waals surface area contributed by atoms with Crippen LogP contribution in [0.1, 0.15) is 31.8 Å². The Morgan fingerprint density at radius 1 is 1.08 bits per heavy atom. The van der Waals surface area contributed by atoms with Crippen molar-refractivity contribution in [1.29, 1.82) is 0 Å². The number of amides is 1. The van der Waals surface area contributed by atoms with Gasteiger partial charge in [-0.2, -0.15) is 5.10 Å². The first-order valence-corrected chi connectivity index (χ1v) is 7.36. The van der Waals surface area contributed by atoms with Crippen LogP contribution in [0.3, 0.4) is 0 Å². The summed E-state index contributed by atoms with van der Waals surface area (Å²) in [5.41, 5.74) is 4.03. The number of benzene rings is 2. The van der Waals surface area contributed by atoms with Gasteiger partial charge in [-0.15, -0.1) is 0 Å². The van der Waals surface area contributed by atoms with E-state index in [1.54, 1.807) is 18.2 Å². The molecule has 2 aromatic carbocycles. The van der Waals surface area contributed by atoms with Gasteiger partial charge < -0.3 is 14.6 Å². The Kier molecular flexibility index (Phi) is 5.73. The summed E-state index contributed by atoms with van der Waals surface area (Å²) in [6.07, 6.45) is 1.25. The highest BCUT2D eigenvalue weighted by Gasteiger charge is 2.20. The lowest BCUT2D eigenvalue weighted by Gasteiger charge is -2.12. The summed E-state index contributed by atoms with van der Waals surface area (Å²) in [7, 11) is 2.77. The van der Waals surface area contributed by atoms with Crippen LogP contribution in [0.5, 0.6) is 11.5 Å². The van der Waals surface area contributed by atoms with Crippen LogP contribution in [-0.2, 0) is 0 Å². The minimum Gasteiger partial charge on any atom is -0.493 e. The number of aromatic carboxylic acids is 1. The summed E-state index contributed by atoms with van der Waals surface area (Å²) in [6, 6.07) is 10.1. The smallest absolute Gasteiger partial charge is 0.340 e. The highest BCUT2D eigenvalue weighted by molar-refractivity contribution is 6.02. The Morgan fingerprint density at radius 2 is 1.76 bits per heavy atom. The van der Waals surface area contributed by atoms with E-state index in [0.717, 1.165) is 5.56 Å². The molecule has 7 heteroatoms. The first-order valence-electron chi connectivity index (χ1n) is 7.36. The van der Waals surface area contributed by atoms with Gasteiger partial charge >= 0.3 is 5.97 Å². The molecule has 0 aliphatic carbocycles. The number of carbonyl (C=O) groups excluding carboxylic acids is 1. The molecular formula is C18H18N2O5. The van der Waals surface area contributed by atoms with Crippen molar-refractivity contribution in [3.63, 3.8) is 0 Å². The summed E-state index contributed by atoms with van der Waals surface area (Å²) < 4.78 is 10.2. The fraction of sp³-hybridized carbons (Fsp3) is 0.167. The van der Waals surface area contributed by atoms with Crippen LogP contribution >= 0.6 is 0 Å². The number of carboxylic acids is 1. The number of rotatable bonds is 6. The maximum Gasteiger partial charge on any atom is 0.340 e. The predicted octanol–water partition coefficient (Wildman–Crippen LogP) is 2.47. The molecule has 0 bridgehead atoms. The van der Waals surface area contributed by atoms with Crippen molar-refractivity contribution in [3.05, 3.63) is 58.7 Å². The van der Waals surface area contributed by atoms with Crippen LogP contribution in [0.4, 0.5) is 0 Å². The van der Waals surface area contributed by atoms with Crippen LogP contribution in [0, 0.1) is 6.92 Å². The van der Waals surface area contributed by atoms with E-state index in [0.29, 0.717) is 11.3 Å². The second kappa shape index (κ2) is 7.96. The fourth-order valence-corrected chi connectivity index (χ4v) is 2.20. The average Bonchev–Trinajstić information content (AvgIpc) is 2.61. The molecule has 0 saturated heterocycles. The molecular weight excluding hydrogens is 324 g/mol. The van der Waals surface area contributed by atoms with E-state index in [1.165, 1.54) is 26.5 Å². The number of methoxy groups -OCH3 is 2. The Hall–Kier alpha value is -3.35. The first-order chi connectivity index (χ1) is 12.0. The average molecular weight is 342 g/mol. The van der Waals surface area contributed by atoms with Gasteiger partial charge in [0.25, 0.3) is 5.91 Å². The van der Waals surface area contributed by atoms with Gasteiger partial charge in [0.05, 0.1) is 20.4 Å². The second-order valence-electron chi connectivity index (χ2n) is 5.14. The number of aryl methyl sites for hydroxylation is 1. The number of hydrazone groups is 1. The summed E-state index contributed by atoms with van der Waals surface area (Å²) in [6.45, 7) is 1.92. The third-order valence-corrected chi connectivity index (χ3v) is 3.48. The molecule has 0 heterocycles. The lowest BCUT2D eigenvalue weighted by Crippen LogP contribution is -2.18. The monoisotopic (exact) mass is 342 g/mol. The van der Waals surface area contributed by atoms with Crippen molar-refractivity contribution in [3.8, 4) is 11.5 Å². The minimum absolute atomic E-state index is 0.0869. The molecule has 25 heavy (non-hydrogen) atoms. The van der Waals surface area contributed by atoms with Crippen LogP contribution in [0.25, 0.3) is 0 Å². The molecule has 2 N–H and O–H groups in total. The minimum atomic E-state index is -1.19. The molecule has 0 spiro atoms. The molecule has 1 amide bonds.